The number of ether oxygens (including phenoxy) is 1. The van der Waals surface area contributed by atoms with E-state index in [1.807, 2.05) is 0 Å². The van der Waals surface area contributed by atoms with Gasteiger partial charge in [-0.05, 0) is 23.8 Å². The molecule has 13 heavy (non-hydrogen) atoms. The van der Waals surface area contributed by atoms with E-state index in [0.29, 0.717) is 10.6 Å². The highest BCUT2D eigenvalue weighted by atomic mass is 35.5. The zero-order chi connectivity index (χ0) is 9.84. The number of rotatable bonds is 2. The van der Waals surface area contributed by atoms with Gasteiger partial charge in [-0.25, -0.2) is 4.79 Å². The lowest BCUT2D eigenvalue weighted by molar-refractivity contribution is 0.0600. The predicted molar refractivity (Wildman–Crippen MR) is 52.9 cm³/mol. The van der Waals surface area contributed by atoms with Crippen molar-refractivity contribution >= 4 is 23.6 Å². The summed E-state index contributed by atoms with van der Waals surface area (Å²) in [7, 11) is 1.33. The standard InChI is InChI=1S/C10H9ClO2/c1-3-7-4-8(10(12)13-2)6-9(11)5-7/h3-6H,1H2,2H3. The molecule has 0 saturated heterocycles. The van der Waals surface area contributed by atoms with Gasteiger partial charge in [0.2, 0.25) is 0 Å². The molecule has 1 aromatic rings. The van der Waals surface area contributed by atoms with Gasteiger partial charge in [-0.1, -0.05) is 24.3 Å². The third-order valence-electron chi connectivity index (χ3n) is 1.58. The summed E-state index contributed by atoms with van der Waals surface area (Å²) in [5.41, 5.74) is 1.23. The van der Waals surface area contributed by atoms with Gasteiger partial charge in [-0.2, -0.15) is 0 Å². The Kier molecular flexibility index (Phi) is 3.09. The molecule has 3 heteroatoms. The summed E-state index contributed by atoms with van der Waals surface area (Å²) in [6, 6.07) is 4.95. The summed E-state index contributed by atoms with van der Waals surface area (Å²) in [6.07, 6.45) is 1.62. The first-order valence-corrected chi connectivity index (χ1v) is 4.06. The maximum atomic E-state index is 11.1. The normalized spacial score (nSPS) is 9.38. The minimum Gasteiger partial charge on any atom is -0.465 e. The Labute approximate surface area is 81.8 Å². The number of hydrogen-bond donors (Lipinski definition) is 0. The van der Waals surface area contributed by atoms with Gasteiger partial charge in [0.05, 0.1) is 12.7 Å². The van der Waals surface area contributed by atoms with Crippen molar-refractivity contribution in [1.82, 2.24) is 0 Å². The average molecular weight is 197 g/mol. The highest BCUT2D eigenvalue weighted by molar-refractivity contribution is 6.31. The molecule has 0 aromatic heterocycles. The molecule has 0 bridgehead atoms. The van der Waals surface area contributed by atoms with E-state index >= 15 is 0 Å². The molecule has 0 N–H and O–H groups in total. The molecule has 0 amide bonds. The van der Waals surface area contributed by atoms with E-state index in [1.165, 1.54) is 7.11 Å². The molecule has 0 unspecified atom stereocenters. The summed E-state index contributed by atoms with van der Waals surface area (Å²) in [5.74, 6) is -0.398. The molecule has 0 spiro atoms. The second-order valence-electron chi connectivity index (χ2n) is 2.47. The summed E-state index contributed by atoms with van der Waals surface area (Å²) in [4.78, 5) is 11.1. The molecule has 0 aliphatic carbocycles. The Morgan fingerprint density at radius 1 is 1.54 bits per heavy atom. The third-order valence-corrected chi connectivity index (χ3v) is 1.80. The lowest BCUT2D eigenvalue weighted by Crippen LogP contribution is -2.01. The van der Waals surface area contributed by atoms with Crippen LogP contribution in [0.4, 0.5) is 0 Å². The second kappa shape index (κ2) is 4.10. The Hall–Kier alpha value is -1.28. The average Bonchev–Trinajstić information content (AvgIpc) is 2.15. The van der Waals surface area contributed by atoms with Crippen LogP contribution >= 0.6 is 11.6 Å². The number of halogens is 1. The molecule has 0 aliphatic rings. The van der Waals surface area contributed by atoms with Gasteiger partial charge in [0.15, 0.2) is 0 Å². The van der Waals surface area contributed by atoms with E-state index in [1.54, 1.807) is 24.3 Å². The van der Waals surface area contributed by atoms with Crippen molar-refractivity contribution in [1.29, 1.82) is 0 Å². The molecule has 1 rings (SSSR count). The van der Waals surface area contributed by atoms with Gasteiger partial charge in [0, 0.05) is 5.02 Å². The molecule has 1 aromatic carbocycles. The van der Waals surface area contributed by atoms with Gasteiger partial charge in [-0.15, -0.1) is 0 Å². The van der Waals surface area contributed by atoms with Crippen molar-refractivity contribution in [2.75, 3.05) is 7.11 Å². The van der Waals surface area contributed by atoms with Gasteiger partial charge in [0.25, 0.3) is 0 Å². The van der Waals surface area contributed by atoms with Crippen LogP contribution in [0.1, 0.15) is 15.9 Å². The van der Waals surface area contributed by atoms with E-state index in [2.05, 4.69) is 11.3 Å². The maximum Gasteiger partial charge on any atom is 0.337 e. The van der Waals surface area contributed by atoms with E-state index < -0.39 is 5.97 Å². The van der Waals surface area contributed by atoms with Crippen LogP contribution in [0.15, 0.2) is 24.8 Å². The molecular weight excluding hydrogens is 188 g/mol. The summed E-state index contributed by atoms with van der Waals surface area (Å²) < 4.78 is 4.56. The molecule has 0 fully saturated rings. The van der Waals surface area contributed by atoms with Gasteiger partial charge >= 0.3 is 5.97 Å². The Morgan fingerprint density at radius 2 is 2.23 bits per heavy atom. The van der Waals surface area contributed by atoms with Crippen molar-refractivity contribution < 1.29 is 9.53 Å². The zero-order valence-electron chi connectivity index (χ0n) is 7.21. The number of carbonyl (C=O) groups excluding carboxylic acids is 1. The molecule has 68 valence electrons. The first-order chi connectivity index (χ1) is 6.17. The number of methoxy groups -OCH3 is 1. The fourth-order valence-electron chi connectivity index (χ4n) is 0.966. The second-order valence-corrected chi connectivity index (χ2v) is 2.91. The number of carbonyl (C=O) groups is 1. The van der Waals surface area contributed by atoms with Crippen LogP contribution in [0.25, 0.3) is 6.08 Å². The molecule has 0 saturated carbocycles. The monoisotopic (exact) mass is 196 g/mol. The topological polar surface area (TPSA) is 26.3 Å². The van der Waals surface area contributed by atoms with Crippen molar-refractivity contribution in [3.63, 3.8) is 0 Å². The Morgan fingerprint density at radius 3 is 2.77 bits per heavy atom. The first kappa shape index (κ1) is 9.81. The third kappa shape index (κ3) is 2.33. The van der Waals surface area contributed by atoms with Crippen molar-refractivity contribution in [3.8, 4) is 0 Å². The zero-order valence-corrected chi connectivity index (χ0v) is 7.97. The predicted octanol–water partition coefficient (Wildman–Crippen LogP) is 2.77. The number of esters is 1. The van der Waals surface area contributed by atoms with Gasteiger partial charge in [-0.3, -0.25) is 0 Å². The fraction of sp³-hybridized carbons (Fsp3) is 0.100. The van der Waals surface area contributed by atoms with Crippen molar-refractivity contribution in [2.24, 2.45) is 0 Å². The molecular formula is C10H9ClO2. The van der Waals surface area contributed by atoms with Crippen LogP contribution in [-0.2, 0) is 4.74 Å². The summed E-state index contributed by atoms with van der Waals surface area (Å²) >= 11 is 5.77. The lowest BCUT2D eigenvalue weighted by Gasteiger charge is -2.01. The van der Waals surface area contributed by atoms with Crippen molar-refractivity contribution in [2.45, 2.75) is 0 Å². The quantitative estimate of drug-likeness (QED) is 0.680. The highest BCUT2D eigenvalue weighted by Crippen LogP contribution is 2.16. The summed E-state index contributed by atoms with van der Waals surface area (Å²) in [5, 5.41) is 0.498. The Balaban J connectivity index is 3.15. The largest absolute Gasteiger partial charge is 0.465 e. The molecule has 0 atom stereocenters. The van der Waals surface area contributed by atoms with Crippen LogP contribution in [0, 0.1) is 0 Å². The van der Waals surface area contributed by atoms with Crippen LogP contribution in [0.2, 0.25) is 5.02 Å². The number of benzene rings is 1. The lowest BCUT2D eigenvalue weighted by atomic mass is 10.1. The molecule has 2 nitrogen and oxygen atoms in total. The highest BCUT2D eigenvalue weighted by Gasteiger charge is 2.06. The maximum absolute atomic E-state index is 11.1. The summed E-state index contributed by atoms with van der Waals surface area (Å²) in [6.45, 7) is 3.59. The van der Waals surface area contributed by atoms with Gasteiger partial charge < -0.3 is 4.74 Å². The smallest absolute Gasteiger partial charge is 0.337 e. The van der Waals surface area contributed by atoms with E-state index in [9.17, 15) is 4.79 Å². The van der Waals surface area contributed by atoms with Crippen LogP contribution in [-0.4, -0.2) is 13.1 Å². The fourth-order valence-corrected chi connectivity index (χ4v) is 1.21. The number of hydrogen-bond acceptors (Lipinski definition) is 2. The van der Waals surface area contributed by atoms with E-state index in [0.717, 1.165) is 5.56 Å². The SMILES string of the molecule is C=Cc1cc(Cl)cc(C(=O)OC)c1. The Bertz CT molecular complexity index is 345. The van der Waals surface area contributed by atoms with Gasteiger partial charge in [0.1, 0.15) is 0 Å². The van der Waals surface area contributed by atoms with Crippen molar-refractivity contribution in [3.05, 3.63) is 40.9 Å². The van der Waals surface area contributed by atoms with E-state index in [-0.39, 0.29) is 0 Å². The molecule has 0 radical (unpaired) electrons. The first-order valence-electron chi connectivity index (χ1n) is 3.68. The van der Waals surface area contributed by atoms with Crippen LogP contribution < -0.4 is 0 Å². The van der Waals surface area contributed by atoms with E-state index in [4.69, 9.17) is 11.6 Å². The molecule has 0 heterocycles. The van der Waals surface area contributed by atoms with Crippen LogP contribution in [0.3, 0.4) is 0 Å². The molecule has 0 aliphatic heterocycles. The minimum atomic E-state index is -0.398. The minimum absolute atomic E-state index is 0.398. The van der Waals surface area contributed by atoms with Crippen LogP contribution in [0.5, 0.6) is 0 Å².